The van der Waals surface area contributed by atoms with E-state index in [9.17, 15) is 0 Å². The molecule has 1 aromatic heterocycles. The van der Waals surface area contributed by atoms with Gasteiger partial charge in [0.1, 0.15) is 6.61 Å². The van der Waals surface area contributed by atoms with Gasteiger partial charge in [0.05, 0.1) is 9.50 Å². The van der Waals surface area contributed by atoms with Crippen molar-refractivity contribution in [2.75, 3.05) is 26.2 Å². The van der Waals surface area contributed by atoms with Crippen LogP contribution in [0.25, 0.3) is 0 Å². The van der Waals surface area contributed by atoms with Crippen molar-refractivity contribution in [1.29, 1.82) is 0 Å². The highest BCUT2D eigenvalue weighted by Gasteiger charge is 2.04. The van der Waals surface area contributed by atoms with Gasteiger partial charge in [0.2, 0.25) is 5.88 Å². The number of hydrogen-bond acceptors (Lipinski definition) is 3. The molecule has 1 aromatic rings. The van der Waals surface area contributed by atoms with E-state index in [2.05, 4.69) is 39.7 Å². The van der Waals surface area contributed by atoms with Crippen LogP contribution in [-0.2, 0) is 0 Å². The lowest BCUT2D eigenvalue weighted by Gasteiger charge is -2.17. The van der Waals surface area contributed by atoms with Crippen LogP contribution >= 0.6 is 27.5 Å². The monoisotopic (exact) mass is 306 g/mol. The molecule has 0 fully saturated rings. The van der Waals surface area contributed by atoms with Crippen LogP contribution in [0.5, 0.6) is 5.88 Å². The minimum atomic E-state index is 0.594. The molecule has 0 bridgehead atoms. The highest BCUT2D eigenvalue weighted by atomic mass is 79.9. The molecule has 0 unspecified atom stereocenters. The molecule has 0 aliphatic carbocycles. The van der Waals surface area contributed by atoms with Crippen molar-refractivity contribution < 1.29 is 4.74 Å². The minimum Gasteiger partial charge on any atom is -0.476 e. The van der Waals surface area contributed by atoms with Crippen LogP contribution in [0.2, 0.25) is 5.02 Å². The normalized spacial score (nSPS) is 10.8. The predicted octanol–water partition coefficient (Wildman–Crippen LogP) is 3.22. The van der Waals surface area contributed by atoms with Crippen molar-refractivity contribution in [3.05, 3.63) is 21.8 Å². The van der Waals surface area contributed by atoms with Crippen molar-refractivity contribution in [3.63, 3.8) is 0 Å². The van der Waals surface area contributed by atoms with Crippen molar-refractivity contribution in [1.82, 2.24) is 9.88 Å². The lowest BCUT2D eigenvalue weighted by molar-refractivity contribution is 0.217. The first-order chi connectivity index (χ1) is 7.67. The Morgan fingerprint density at radius 1 is 1.44 bits per heavy atom. The second kappa shape index (κ2) is 7.09. The van der Waals surface area contributed by atoms with Gasteiger partial charge in [-0.15, -0.1) is 0 Å². The first-order valence-corrected chi connectivity index (χ1v) is 6.50. The molecule has 0 atom stereocenters. The van der Waals surface area contributed by atoms with Crippen molar-refractivity contribution >= 4 is 27.5 Å². The zero-order valence-corrected chi connectivity index (χ0v) is 11.9. The van der Waals surface area contributed by atoms with Crippen LogP contribution in [0.4, 0.5) is 0 Å². The van der Waals surface area contributed by atoms with E-state index >= 15 is 0 Å². The third-order valence-electron chi connectivity index (χ3n) is 2.31. The molecule has 0 spiro atoms. The molecule has 1 rings (SSSR count). The Morgan fingerprint density at radius 3 is 2.69 bits per heavy atom. The summed E-state index contributed by atoms with van der Waals surface area (Å²) in [5.41, 5.74) is 0. The molecular weight excluding hydrogens is 291 g/mol. The third kappa shape index (κ3) is 4.28. The number of hydrogen-bond donors (Lipinski definition) is 0. The SMILES string of the molecule is CCN(CC)CCOc1ncc(Cl)cc1Br. The van der Waals surface area contributed by atoms with Gasteiger partial charge >= 0.3 is 0 Å². The summed E-state index contributed by atoms with van der Waals surface area (Å²) < 4.78 is 6.36. The molecule has 0 aromatic carbocycles. The van der Waals surface area contributed by atoms with E-state index in [4.69, 9.17) is 16.3 Å². The molecule has 3 nitrogen and oxygen atoms in total. The van der Waals surface area contributed by atoms with Gasteiger partial charge in [0.15, 0.2) is 0 Å². The van der Waals surface area contributed by atoms with Crippen LogP contribution in [0, 0.1) is 0 Å². The van der Waals surface area contributed by atoms with E-state index in [1.54, 1.807) is 12.3 Å². The second-order valence-corrected chi connectivity index (χ2v) is 4.61. The predicted molar refractivity (Wildman–Crippen MR) is 70.2 cm³/mol. The molecular formula is C11H16BrClN2O. The number of halogens is 2. The number of aromatic nitrogens is 1. The maximum Gasteiger partial charge on any atom is 0.228 e. The van der Waals surface area contributed by atoms with Gasteiger partial charge in [-0.3, -0.25) is 0 Å². The van der Waals surface area contributed by atoms with Crippen molar-refractivity contribution in [2.24, 2.45) is 0 Å². The number of likely N-dealkylation sites (N-methyl/N-ethyl adjacent to an activating group) is 1. The summed E-state index contributed by atoms with van der Waals surface area (Å²) in [5.74, 6) is 0.594. The quantitative estimate of drug-likeness (QED) is 0.807. The number of nitrogens with zero attached hydrogens (tertiary/aromatic N) is 2. The highest BCUT2D eigenvalue weighted by molar-refractivity contribution is 9.10. The molecule has 0 saturated heterocycles. The zero-order valence-electron chi connectivity index (χ0n) is 9.54. The lowest BCUT2D eigenvalue weighted by atomic mass is 10.5. The van der Waals surface area contributed by atoms with E-state index in [0.717, 1.165) is 24.1 Å². The summed E-state index contributed by atoms with van der Waals surface area (Å²) >= 11 is 9.15. The molecule has 0 aliphatic heterocycles. The fraction of sp³-hybridized carbons (Fsp3) is 0.545. The van der Waals surface area contributed by atoms with E-state index in [1.165, 1.54) is 0 Å². The van der Waals surface area contributed by atoms with Gasteiger partial charge in [-0.1, -0.05) is 25.4 Å². The maximum absolute atomic E-state index is 5.79. The Kier molecular flexibility index (Phi) is 6.09. The summed E-state index contributed by atoms with van der Waals surface area (Å²) in [6.45, 7) is 7.89. The van der Waals surface area contributed by atoms with Crippen molar-refractivity contribution in [2.45, 2.75) is 13.8 Å². The summed E-state index contributed by atoms with van der Waals surface area (Å²) in [5, 5.41) is 0.600. The van der Waals surface area contributed by atoms with Crippen LogP contribution in [0.1, 0.15) is 13.8 Å². The number of pyridine rings is 1. The summed E-state index contributed by atoms with van der Waals surface area (Å²) in [7, 11) is 0. The van der Waals surface area contributed by atoms with Gasteiger partial charge in [0, 0.05) is 12.7 Å². The second-order valence-electron chi connectivity index (χ2n) is 3.32. The van der Waals surface area contributed by atoms with Gasteiger partial charge in [-0.25, -0.2) is 4.98 Å². The molecule has 90 valence electrons. The summed E-state index contributed by atoms with van der Waals surface area (Å²) in [6.07, 6.45) is 1.58. The Labute approximate surface area is 110 Å². The van der Waals surface area contributed by atoms with Crippen molar-refractivity contribution in [3.8, 4) is 5.88 Å². The smallest absolute Gasteiger partial charge is 0.228 e. The molecule has 0 saturated carbocycles. The zero-order chi connectivity index (χ0) is 12.0. The minimum absolute atomic E-state index is 0.594. The van der Waals surface area contributed by atoms with Gasteiger partial charge < -0.3 is 9.64 Å². The summed E-state index contributed by atoms with van der Waals surface area (Å²) in [6, 6.07) is 1.78. The Morgan fingerprint density at radius 2 is 2.12 bits per heavy atom. The molecule has 16 heavy (non-hydrogen) atoms. The van der Waals surface area contributed by atoms with E-state index in [1.807, 2.05) is 0 Å². The number of rotatable bonds is 6. The van der Waals surface area contributed by atoms with E-state index in [0.29, 0.717) is 17.5 Å². The average Bonchev–Trinajstić information content (AvgIpc) is 2.27. The Hall–Kier alpha value is -0.320. The third-order valence-corrected chi connectivity index (χ3v) is 3.09. The molecule has 0 amide bonds. The topological polar surface area (TPSA) is 25.4 Å². The van der Waals surface area contributed by atoms with E-state index < -0.39 is 0 Å². The first kappa shape index (κ1) is 13.7. The molecule has 5 heteroatoms. The molecule has 0 radical (unpaired) electrons. The fourth-order valence-electron chi connectivity index (χ4n) is 1.32. The van der Waals surface area contributed by atoms with Gasteiger partial charge in [0.25, 0.3) is 0 Å². The summed E-state index contributed by atoms with van der Waals surface area (Å²) in [4.78, 5) is 6.40. The largest absolute Gasteiger partial charge is 0.476 e. The average molecular weight is 308 g/mol. The van der Waals surface area contributed by atoms with Crippen LogP contribution in [0.15, 0.2) is 16.7 Å². The lowest BCUT2D eigenvalue weighted by Crippen LogP contribution is -2.28. The van der Waals surface area contributed by atoms with E-state index in [-0.39, 0.29) is 0 Å². The maximum atomic E-state index is 5.79. The molecule has 0 aliphatic rings. The first-order valence-electron chi connectivity index (χ1n) is 5.33. The van der Waals surface area contributed by atoms with Gasteiger partial charge in [-0.2, -0.15) is 0 Å². The Balaban J connectivity index is 2.42. The number of ether oxygens (including phenoxy) is 1. The van der Waals surface area contributed by atoms with Crippen LogP contribution < -0.4 is 4.74 Å². The fourth-order valence-corrected chi connectivity index (χ4v) is 2.07. The Bertz CT molecular complexity index is 332. The van der Waals surface area contributed by atoms with Crippen LogP contribution in [0.3, 0.4) is 0 Å². The van der Waals surface area contributed by atoms with Crippen LogP contribution in [-0.4, -0.2) is 36.1 Å². The highest BCUT2D eigenvalue weighted by Crippen LogP contribution is 2.24. The van der Waals surface area contributed by atoms with Gasteiger partial charge in [-0.05, 0) is 35.1 Å². The standard InChI is InChI=1S/C11H16BrClN2O/c1-3-15(4-2)5-6-16-11-10(12)7-9(13)8-14-11/h7-8H,3-6H2,1-2H3. The molecule has 1 heterocycles. The molecule has 0 N–H and O–H groups in total.